The van der Waals surface area contributed by atoms with Crippen LogP contribution in [0.4, 0.5) is 10.5 Å². The van der Waals surface area contributed by atoms with Crippen LogP contribution in [-0.2, 0) is 9.53 Å². The van der Waals surface area contributed by atoms with Crippen LogP contribution in [0.1, 0.15) is 44.0 Å². The maximum absolute atomic E-state index is 13.0. The van der Waals surface area contributed by atoms with Gasteiger partial charge in [0, 0.05) is 26.2 Å². The third-order valence-electron chi connectivity index (χ3n) is 4.51. The molecule has 0 atom stereocenters. The molecule has 1 heterocycles. The standard InChI is InChI=1S/C21H31N3O6/c1-21(2,3)30-20(27)23(4)13-18(25)22-15-12-17(29-6)16(28-5)11-14(15)19(26)24-9-7-8-10-24/h11-12H,7-10,13H2,1-6H3,(H,22,25). The van der Waals surface area contributed by atoms with Crippen LogP contribution in [0.3, 0.4) is 0 Å². The lowest BCUT2D eigenvalue weighted by Gasteiger charge is -2.24. The lowest BCUT2D eigenvalue weighted by atomic mass is 10.1. The SMILES string of the molecule is COc1cc(NC(=O)CN(C)C(=O)OC(C)(C)C)c(C(=O)N2CCCC2)cc1OC. The Hall–Kier alpha value is -2.97. The quantitative estimate of drug-likeness (QED) is 0.759. The van der Waals surface area contributed by atoms with Gasteiger partial charge in [-0.25, -0.2) is 4.79 Å². The molecule has 9 nitrogen and oxygen atoms in total. The van der Waals surface area contributed by atoms with Crippen molar-refractivity contribution in [3.8, 4) is 11.5 Å². The second-order valence-electron chi connectivity index (χ2n) is 8.14. The molecule has 30 heavy (non-hydrogen) atoms. The Kier molecular flexibility index (Phi) is 7.53. The molecule has 2 rings (SSSR count). The summed E-state index contributed by atoms with van der Waals surface area (Å²) in [5.41, 5.74) is -0.0597. The highest BCUT2D eigenvalue weighted by Gasteiger charge is 2.26. The molecule has 0 spiro atoms. The van der Waals surface area contributed by atoms with Crippen molar-refractivity contribution >= 4 is 23.6 Å². The number of likely N-dealkylation sites (tertiary alicyclic amines) is 1. The van der Waals surface area contributed by atoms with E-state index in [9.17, 15) is 14.4 Å². The van der Waals surface area contributed by atoms with E-state index >= 15 is 0 Å². The number of anilines is 1. The van der Waals surface area contributed by atoms with Gasteiger partial charge in [0.15, 0.2) is 11.5 Å². The molecule has 1 N–H and O–H groups in total. The molecule has 9 heteroatoms. The van der Waals surface area contributed by atoms with E-state index in [1.165, 1.54) is 26.2 Å². The largest absolute Gasteiger partial charge is 0.493 e. The Balaban J connectivity index is 2.22. The zero-order valence-corrected chi connectivity index (χ0v) is 18.5. The summed E-state index contributed by atoms with van der Waals surface area (Å²) >= 11 is 0. The summed E-state index contributed by atoms with van der Waals surface area (Å²) in [5, 5.41) is 2.72. The summed E-state index contributed by atoms with van der Waals surface area (Å²) in [5.74, 6) is 0.116. The van der Waals surface area contributed by atoms with Gasteiger partial charge in [0.2, 0.25) is 5.91 Å². The van der Waals surface area contributed by atoms with Crippen LogP contribution in [0, 0.1) is 0 Å². The molecule has 0 saturated carbocycles. The van der Waals surface area contributed by atoms with E-state index in [1.807, 2.05) is 0 Å². The van der Waals surface area contributed by atoms with Crippen LogP contribution in [-0.4, -0.2) is 74.2 Å². The Morgan fingerprint density at radius 1 is 1.07 bits per heavy atom. The summed E-state index contributed by atoms with van der Waals surface area (Å²) in [4.78, 5) is 40.6. The fraction of sp³-hybridized carbons (Fsp3) is 0.571. The summed E-state index contributed by atoms with van der Waals surface area (Å²) in [6.45, 7) is 6.35. The Morgan fingerprint density at radius 3 is 2.17 bits per heavy atom. The van der Waals surface area contributed by atoms with Crippen molar-refractivity contribution in [1.29, 1.82) is 0 Å². The van der Waals surface area contributed by atoms with Crippen molar-refractivity contribution in [3.63, 3.8) is 0 Å². The number of ether oxygens (including phenoxy) is 3. The number of methoxy groups -OCH3 is 2. The molecule has 1 fully saturated rings. The van der Waals surface area contributed by atoms with Gasteiger partial charge < -0.3 is 29.3 Å². The van der Waals surface area contributed by atoms with Gasteiger partial charge in [-0.1, -0.05) is 0 Å². The van der Waals surface area contributed by atoms with Crippen LogP contribution >= 0.6 is 0 Å². The van der Waals surface area contributed by atoms with Gasteiger partial charge in [-0.05, 0) is 39.7 Å². The number of nitrogens with one attached hydrogen (secondary N) is 1. The van der Waals surface area contributed by atoms with Gasteiger partial charge in [-0.15, -0.1) is 0 Å². The smallest absolute Gasteiger partial charge is 0.410 e. The highest BCUT2D eigenvalue weighted by molar-refractivity contribution is 6.05. The number of likely N-dealkylation sites (N-methyl/N-ethyl adjacent to an activating group) is 1. The number of carbonyl (C=O) groups excluding carboxylic acids is 3. The lowest BCUT2D eigenvalue weighted by molar-refractivity contribution is -0.117. The second kappa shape index (κ2) is 9.69. The van der Waals surface area contributed by atoms with Gasteiger partial charge in [-0.3, -0.25) is 9.59 Å². The van der Waals surface area contributed by atoms with Crippen molar-refractivity contribution in [1.82, 2.24) is 9.80 Å². The third kappa shape index (κ3) is 6.01. The number of carbonyl (C=O) groups is 3. The minimum Gasteiger partial charge on any atom is -0.493 e. The molecule has 0 bridgehead atoms. The van der Waals surface area contributed by atoms with Gasteiger partial charge in [0.1, 0.15) is 12.1 Å². The van der Waals surface area contributed by atoms with Crippen molar-refractivity contribution in [3.05, 3.63) is 17.7 Å². The minimum absolute atomic E-state index is 0.191. The van der Waals surface area contributed by atoms with Gasteiger partial charge >= 0.3 is 6.09 Å². The summed E-state index contributed by atoms with van der Waals surface area (Å²) in [7, 11) is 4.43. The first-order valence-electron chi connectivity index (χ1n) is 9.85. The maximum atomic E-state index is 13.0. The van der Waals surface area contributed by atoms with E-state index < -0.39 is 17.6 Å². The van der Waals surface area contributed by atoms with Gasteiger partial charge in [-0.2, -0.15) is 0 Å². The van der Waals surface area contributed by atoms with Crippen molar-refractivity contribution in [2.45, 2.75) is 39.2 Å². The molecule has 3 amide bonds. The normalized spacial score (nSPS) is 13.6. The Labute approximate surface area is 177 Å². The molecule has 0 radical (unpaired) electrons. The van der Waals surface area contributed by atoms with E-state index in [2.05, 4.69) is 5.32 Å². The molecule has 1 aromatic rings. The first-order chi connectivity index (χ1) is 14.1. The van der Waals surface area contributed by atoms with Crippen molar-refractivity contribution in [2.24, 2.45) is 0 Å². The minimum atomic E-state index is -0.666. The molecular weight excluding hydrogens is 390 g/mol. The zero-order chi connectivity index (χ0) is 22.5. The predicted molar refractivity (Wildman–Crippen MR) is 112 cm³/mol. The molecule has 1 aliphatic heterocycles. The van der Waals surface area contributed by atoms with Crippen molar-refractivity contribution in [2.75, 3.05) is 46.2 Å². The van der Waals surface area contributed by atoms with Crippen LogP contribution in [0.25, 0.3) is 0 Å². The zero-order valence-electron chi connectivity index (χ0n) is 18.5. The fourth-order valence-electron chi connectivity index (χ4n) is 3.06. The van der Waals surface area contributed by atoms with E-state index in [0.29, 0.717) is 35.8 Å². The lowest BCUT2D eigenvalue weighted by Crippen LogP contribution is -2.39. The predicted octanol–water partition coefficient (Wildman–Crippen LogP) is 2.75. The van der Waals surface area contributed by atoms with Crippen LogP contribution in [0.5, 0.6) is 11.5 Å². The monoisotopic (exact) mass is 421 g/mol. The molecule has 1 saturated heterocycles. The molecule has 0 aromatic heterocycles. The van der Waals surface area contributed by atoms with Gasteiger partial charge in [0.25, 0.3) is 5.91 Å². The van der Waals surface area contributed by atoms with Crippen LogP contribution in [0.2, 0.25) is 0 Å². The molecule has 0 aliphatic carbocycles. The average Bonchev–Trinajstić information content (AvgIpc) is 3.20. The highest BCUT2D eigenvalue weighted by Crippen LogP contribution is 2.34. The Morgan fingerprint density at radius 2 is 1.63 bits per heavy atom. The number of hydrogen-bond acceptors (Lipinski definition) is 6. The van der Waals surface area contributed by atoms with Crippen LogP contribution in [0.15, 0.2) is 12.1 Å². The molecule has 1 aromatic carbocycles. The Bertz CT molecular complexity index is 797. The average molecular weight is 421 g/mol. The maximum Gasteiger partial charge on any atom is 0.410 e. The van der Waals surface area contributed by atoms with Crippen molar-refractivity contribution < 1.29 is 28.6 Å². The number of benzene rings is 1. The highest BCUT2D eigenvalue weighted by atomic mass is 16.6. The topological polar surface area (TPSA) is 97.4 Å². The molecule has 1 aliphatic rings. The number of rotatable bonds is 6. The van der Waals surface area contributed by atoms with Crippen LogP contribution < -0.4 is 14.8 Å². The first-order valence-corrected chi connectivity index (χ1v) is 9.85. The molecule has 166 valence electrons. The van der Waals surface area contributed by atoms with E-state index in [1.54, 1.807) is 37.8 Å². The number of amides is 3. The second-order valence-corrected chi connectivity index (χ2v) is 8.14. The summed E-state index contributed by atoms with van der Waals surface area (Å²) < 4.78 is 15.9. The summed E-state index contributed by atoms with van der Waals surface area (Å²) in [6.07, 6.45) is 1.28. The molecular formula is C21H31N3O6. The van der Waals surface area contributed by atoms with E-state index in [4.69, 9.17) is 14.2 Å². The van der Waals surface area contributed by atoms with E-state index in [0.717, 1.165) is 12.8 Å². The summed E-state index contributed by atoms with van der Waals surface area (Å²) in [6, 6.07) is 3.11. The number of hydrogen-bond donors (Lipinski definition) is 1. The molecule has 0 unspecified atom stereocenters. The van der Waals surface area contributed by atoms with Gasteiger partial charge in [0.05, 0.1) is 25.5 Å². The number of nitrogens with zero attached hydrogens (tertiary/aromatic N) is 2. The third-order valence-corrected chi connectivity index (χ3v) is 4.51. The van der Waals surface area contributed by atoms with E-state index in [-0.39, 0.29) is 12.5 Å². The fourth-order valence-corrected chi connectivity index (χ4v) is 3.06. The first kappa shape index (κ1) is 23.3.